The first-order chi connectivity index (χ1) is 9.69. The summed E-state index contributed by atoms with van der Waals surface area (Å²) in [5, 5.41) is 7.31. The quantitative estimate of drug-likeness (QED) is 0.631. The van der Waals surface area contributed by atoms with Gasteiger partial charge < -0.3 is 21.4 Å². The van der Waals surface area contributed by atoms with Gasteiger partial charge in [0.1, 0.15) is 11.5 Å². The van der Waals surface area contributed by atoms with Crippen molar-refractivity contribution < 1.29 is 0 Å². The second-order valence-electron chi connectivity index (χ2n) is 3.88. The molecule has 0 atom stereocenters. The van der Waals surface area contributed by atoms with Crippen molar-refractivity contribution in [3.8, 4) is 0 Å². The molecule has 0 saturated carbocycles. The van der Waals surface area contributed by atoms with Gasteiger partial charge in [0.25, 0.3) is 0 Å². The van der Waals surface area contributed by atoms with Crippen LogP contribution in [-0.4, -0.2) is 34.8 Å². The van der Waals surface area contributed by atoms with Gasteiger partial charge in [-0.25, -0.2) is 0 Å². The minimum absolute atomic E-state index is 0.402. The number of nitrogens with two attached hydrogens (primary N) is 1. The number of nitrogens with zero attached hydrogens (tertiary/aromatic N) is 3. The van der Waals surface area contributed by atoms with Crippen LogP contribution in [0.5, 0.6) is 0 Å². The van der Waals surface area contributed by atoms with E-state index in [-0.39, 0.29) is 0 Å². The normalized spacial score (nSPS) is 12.2. The van der Waals surface area contributed by atoms with Crippen molar-refractivity contribution >= 4 is 40.6 Å². The molecular formula is C12H16ClN7. The van der Waals surface area contributed by atoms with E-state index in [1.54, 1.807) is 19.5 Å². The fraction of sp³-hybridized carbons (Fsp3) is 0.250. The first kappa shape index (κ1) is 14.1. The van der Waals surface area contributed by atoms with E-state index in [1.165, 1.54) is 6.20 Å². The predicted octanol–water partition coefficient (Wildman–Crippen LogP) is 1.96. The van der Waals surface area contributed by atoms with Crippen LogP contribution in [-0.2, 0) is 0 Å². The second-order valence-corrected chi connectivity index (χ2v) is 4.29. The fourth-order valence-corrected chi connectivity index (χ4v) is 1.90. The lowest BCUT2D eigenvalue weighted by molar-refractivity contribution is 1.13. The SMILES string of the molecule is CCN=CC(=CN)Nc1nc(NC)c2c(Cl)c[nH]c2n1. The largest absolute Gasteiger partial charge is 0.403 e. The summed E-state index contributed by atoms with van der Waals surface area (Å²) < 4.78 is 0. The number of fused-ring (bicyclic) bond motifs is 1. The minimum Gasteiger partial charge on any atom is -0.403 e. The molecule has 0 aliphatic carbocycles. The molecule has 2 heterocycles. The van der Waals surface area contributed by atoms with Crippen molar-refractivity contribution in [3.05, 3.63) is 23.1 Å². The number of anilines is 2. The molecule has 20 heavy (non-hydrogen) atoms. The lowest BCUT2D eigenvalue weighted by Gasteiger charge is -2.08. The summed E-state index contributed by atoms with van der Waals surface area (Å²) in [6, 6.07) is 0. The number of allylic oxidation sites excluding steroid dienone is 1. The number of hydrogen-bond acceptors (Lipinski definition) is 6. The molecule has 2 aromatic rings. The number of halogens is 1. The van der Waals surface area contributed by atoms with Crippen molar-refractivity contribution in [2.45, 2.75) is 6.92 Å². The molecule has 106 valence electrons. The first-order valence-electron chi connectivity index (χ1n) is 6.10. The zero-order chi connectivity index (χ0) is 14.5. The molecule has 0 spiro atoms. The first-order valence-corrected chi connectivity index (χ1v) is 6.48. The van der Waals surface area contributed by atoms with E-state index >= 15 is 0 Å². The number of aromatic nitrogens is 3. The molecule has 7 nitrogen and oxygen atoms in total. The van der Waals surface area contributed by atoms with Crippen molar-refractivity contribution in [3.63, 3.8) is 0 Å². The maximum atomic E-state index is 6.09. The minimum atomic E-state index is 0.402. The Bertz CT molecular complexity index is 659. The van der Waals surface area contributed by atoms with Crippen LogP contribution in [0.3, 0.4) is 0 Å². The topological polar surface area (TPSA) is 104 Å². The maximum absolute atomic E-state index is 6.09. The van der Waals surface area contributed by atoms with Crippen molar-refractivity contribution in [1.29, 1.82) is 0 Å². The van der Waals surface area contributed by atoms with Crippen molar-refractivity contribution in [2.24, 2.45) is 10.7 Å². The van der Waals surface area contributed by atoms with E-state index < -0.39 is 0 Å². The number of aromatic amines is 1. The molecule has 0 bridgehead atoms. The fourth-order valence-electron chi connectivity index (χ4n) is 1.67. The Morgan fingerprint density at radius 1 is 1.55 bits per heavy atom. The van der Waals surface area contributed by atoms with Gasteiger partial charge in [-0.15, -0.1) is 0 Å². The van der Waals surface area contributed by atoms with Gasteiger partial charge in [0.2, 0.25) is 5.95 Å². The molecular weight excluding hydrogens is 278 g/mol. The Hall–Kier alpha value is -2.28. The molecule has 2 rings (SSSR count). The molecule has 8 heteroatoms. The van der Waals surface area contributed by atoms with Crippen molar-refractivity contribution in [1.82, 2.24) is 15.0 Å². The van der Waals surface area contributed by atoms with Gasteiger partial charge >= 0.3 is 0 Å². The molecule has 0 unspecified atom stereocenters. The molecule has 0 aliphatic heterocycles. The Morgan fingerprint density at radius 3 is 3.00 bits per heavy atom. The Labute approximate surface area is 121 Å². The van der Waals surface area contributed by atoms with Gasteiger partial charge in [-0.05, 0) is 6.92 Å². The number of rotatable bonds is 5. The van der Waals surface area contributed by atoms with E-state index in [9.17, 15) is 0 Å². The van der Waals surface area contributed by atoms with Crippen LogP contribution in [0.4, 0.5) is 11.8 Å². The number of hydrogen-bond donors (Lipinski definition) is 4. The summed E-state index contributed by atoms with van der Waals surface area (Å²) in [5.74, 6) is 1.03. The van der Waals surface area contributed by atoms with Crippen LogP contribution in [0.25, 0.3) is 11.0 Å². The second kappa shape index (κ2) is 6.25. The Morgan fingerprint density at radius 2 is 2.35 bits per heavy atom. The monoisotopic (exact) mass is 293 g/mol. The van der Waals surface area contributed by atoms with E-state index in [0.29, 0.717) is 34.7 Å². The van der Waals surface area contributed by atoms with Gasteiger partial charge in [-0.1, -0.05) is 11.6 Å². The molecule has 2 aromatic heterocycles. The predicted molar refractivity (Wildman–Crippen MR) is 83.4 cm³/mol. The lowest BCUT2D eigenvalue weighted by Crippen LogP contribution is -2.08. The molecule has 0 amide bonds. The highest BCUT2D eigenvalue weighted by Crippen LogP contribution is 2.28. The molecule has 0 radical (unpaired) electrons. The number of aliphatic imine (C=N–C) groups is 1. The average Bonchev–Trinajstić information content (AvgIpc) is 2.84. The highest BCUT2D eigenvalue weighted by atomic mass is 35.5. The Balaban J connectivity index is 2.38. The van der Waals surface area contributed by atoms with Crippen LogP contribution < -0.4 is 16.4 Å². The maximum Gasteiger partial charge on any atom is 0.231 e. The highest BCUT2D eigenvalue weighted by Gasteiger charge is 2.11. The smallest absolute Gasteiger partial charge is 0.231 e. The number of nitrogens with one attached hydrogen (secondary N) is 3. The Kier molecular flexibility index (Phi) is 4.41. The third kappa shape index (κ3) is 2.83. The average molecular weight is 294 g/mol. The van der Waals surface area contributed by atoms with Crippen LogP contribution in [0.15, 0.2) is 23.1 Å². The lowest BCUT2D eigenvalue weighted by atomic mass is 10.4. The van der Waals surface area contributed by atoms with Crippen LogP contribution in [0, 0.1) is 0 Å². The summed E-state index contributed by atoms with van der Waals surface area (Å²) in [6.45, 7) is 2.61. The summed E-state index contributed by atoms with van der Waals surface area (Å²) >= 11 is 6.09. The van der Waals surface area contributed by atoms with Gasteiger partial charge in [-0.3, -0.25) is 4.99 Å². The molecule has 0 fully saturated rings. The van der Waals surface area contributed by atoms with Crippen LogP contribution >= 0.6 is 11.6 Å². The zero-order valence-electron chi connectivity index (χ0n) is 11.2. The molecule has 5 N–H and O–H groups in total. The third-order valence-electron chi connectivity index (χ3n) is 2.57. The standard InChI is InChI=1S/C12H16ClN7/c1-3-16-5-7(4-14)18-12-19-10(15-2)9-8(13)6-17-11(9)20-12/h4-6H,3,14H2,1-2H3,(H3,15,17,18,19,20). The summed E-state index contributed by atoms with van der Waals surface area (Å²) in [5.41, 5.74) is 6.79. The molecule has 0 aliphatic rings. The zero-order valence-corrected chi connectivity index (χ0v) is 12.0. The summed E-state index contributed by atoms with van der Waals surface area (Å²) in [6.07, 6.45) is 4.71. The van der Waals surface area contributed by atoms with E-state index in [4.69, 9.17) is 17.3 Å². The van der Waals surface area contributed by atoms with Crippen LogP contribution in [0.1, 0.15) is 6.92 Å². The summed E-state index contributed by atoms with van der Waals surface area (Å²) in [4.78, 5) is 15.8. The van der Waals surface area contributed by atoms with E-state index in [0.717, 1.165) is 5.39 Å². The van der Waals surface area contributed by atoms with Gasteiger partial charge in [0.05, 0.1) is 16.1 Å². The van der Waals surface area contributed by atoms with E-state index in [2.05, 4.69) is 30.6 Å². The number of H-pyrrole nitrogens is 1. The summed E-state index contributed by atoms with van der Waals surface area (Å²) in [7, 11) is 1.77. The van der Waals surface area contributed by atoms with Gasteiger partial charge in [0, 0.05) is 32.2 Å². The van der Waals surface area contributed by atoms with Crippen LogP contribution in [0.2, 0.25) is 5.02 Å². The van der Waals surface area contributed by atoms with Crippen molar-refractivity contribution in [2.75, 3.05) is 24.2 Å². The van der Waals surface area contributed by atoms with Gasteiger partial charge in [0.15, 0.2) is 0 Å². The van der Waals surface area contributed by atoms with E-state index in [1.807, 2.05) is 6.92 Å². The highest BCUT2D eigenvalue weighted by molar-refractivity contribution is 6.36. The molecule has 0 aromatic carbocycles. The molecule has 0 saturated heterocycles. The van der Waals surface area contributed by atoms with Gasteiger partial charge in [-0.2, -0.15) is 9.97 Å². The third-order valence-corrected chi connectivity index (χ3v) is 2.87.